The van der Waals surface area contributed by atoms with Gasteiger partial charge < -0.3 is 20.5 Å². The molecule has 0 bridgehead atoms. The van der Waals surface area contributed by atoms with Crippen molar-refractivity contribution < 1.29 is 24.2 Å². The Kier molecular flexibility index (Phi) is 4.39. The molecule has 2 aliphatic rings. The number of nitrogens with zero attached hydrogens (tertiary/aromatic N) is 2. The zero-order valence-corrected chi connectivity index (χ0v) is 13.1. The monoisotopic (exact) mass is 333 g/mol. The molecule has 128 valence electrons. The lowest BCUT2D eigenvalue weighted by Crippen LogP contribution is -2.35. The van der Waals surface area contributed by atoms with Crippen LogP contribution in [0.3, 0.4) is 0 Å². The van der Waals surface area contributed by atoms with E-state index in [4.69, 9.17) is 15.6 Å². The molecule has 1 atom stereocenters. The summed E-state index contributed by atoms with van der Waals surface area (Å²) in [4.78, 5) is 37.8. The predicted molar refractivity (Wildman–Crippen MR) is 84.3 cm³/mol. The summed E-state index contributed by atoms with van der Waals surface area (Å²) in [6, 6.07) is 5.60. The average molecular weight is 333 g/mol. The first-order valence-electron chi connectivity index (χ1n) is 7.77. The molecule has 1 aromatic rings. The number of fused-ring (bicyclic) bond motifs is 1. The van der Waals surface area contributed by atoms with Crippen molar-refractivity contribution in [1.29, 1.82) is 0 Å². The number of anilines is 1. The number of ether oxygens (including phenoxy) is 1. The van der Waals surface area contributed by atoms with Crippen LogP contribution >= 0.6 is 0 Å². The number of hydrogen-bond acceptors (Lipinski definition) is 5. The van der Waals surface area contributed by atoms with E-state index < -0.39 is 24.7 Å². The Morgan fingerprint density at radius 2 is 1.96 bits per heavy atom. The maximum atomic E-state index is 11.9. The average Bonchev–Trinajstić information content (AvgIpc) is 2.84. The summed E-state index contributed by atoms with van der Waals surface area (Å²) >= 11 is 0. The number of carbonyl (C=O) groups is 3. The van der Waals surface area contributed by atoms with Crippen molar-refractivity contribution in [2.24, 2.45) is 5.73 Å². The highest BCUT2D eigenvalue weighted by Gasteiger charge is 2.36. The molecule has 0 radical (unpaired) electrons. The second kappa shape index (κ2) is 6.48. The number of cyclic esters (lactones) is 1. The van der Waals surface area contributed by atoms with E-state index >= 15 is 0 Å². The number of nitrogens with two attached hydrogens (primary N) is 1. The molecule has 8 nitrogen and oxygen atoms in total. The van der Waals surface area contributed by atoms with Crippen molar-refractivity contribution in [3.63, 3.8) is 0 Å². The van der Waals surface area contributed by atoms with Crippen LogP contribution in [0.1, 0.15) is 11.1 Å². The van der Waals surface area contributed by atoms with E-state index in [9.17, 15) is 14.4 Å². The number of primary amides is 1. The minimum Gasteiger partial charge on any atom is -0.434 e. The summed E-state index contributed by atoms with van der Waals surface area (Å²) < 4.78 is 4.95. The molecule has 1 fully saturated rings. The maximum absolute atomic E-state index is 11.9. The third-order valence-electron chi connectivity index (χ3n) is 4.42. The van der Waals surface area contributed by atoms with Gasteiger partial charge in [0.2, 0.25) is 5.91 Å². The highest BCUT2D eigenvalue weighted by atomic mass is 16.6. The Morgan fingerprint density at radius 1 is 1.25 bits per heavy atom. The Labute approximate surface area is 138 Å². The molecule has 0 aliphatic carbocycles. The molecule has 24 heavy (non-hydrogen) atoms. The van der Waals surface area contributed by atoms with Crippen LogP contribution in [0.25, 0.3) is 0 Å². The first-order valence-corrected chi connectivity index (χ1v) is 7.77. The molecule has 2 heterocycles. The minimum absolute atomic E-state index is 0.0993. The summed E-state index contributed by atoms with van der Waals surface area (Å²) in [7, 11) is 0. The van der Waals surface area contributed by atoms with Crippen LogP contribution in [0.4, 0.5) is 10.5 Å². The van der Waals surface area contributed by atoms with E-state index in [1.807, 2.05) is 12.1 Å². The number of aliphatic hydroxyl groups is 1. The lowest BCUT2D eigenvalue weighted by molar-refractivity contribution is -0.134. The third-order valence-corrected chi connectivity index (χ3v) is 4.42. The topological polar surface area (TPSA) is 113 Å². The largest absolute Gasteiger partial charge is 0.434 e. The Hall–Kier alpha value is -2.61. The SMILES string of the molecule is NC(=O)[C@H]1CN(c2ccc3c(c2)CCN(C(=O)CO)CC3)C(=O)O1. The molecule has 0 aromatic heterocycles. The third kappa shape index (κ3) is 3.05. The fourth-order valence-corrected chi connectivity index (χ4v) is 3.05. The maximum Gasteiger partial charge on any atom is 0.415 e. The summed E-state index contributed by atoms with van der Waals surface area (Å²) in [6.07, 6.45) is -0.203. The number of carbonyl (C=O) groups excluding carboxylic acids is 3. The molecule has 3 amide bonds. The van der Waals surface area contributed by atoms with Gasteiger partial charge in [-0.3, -0.25) is 14.5 Å². The number of amides is 3. The Balaban J connectivity index is 1.78. The fraction of sp³-hybridized carbons (Fsp3) is 0.438. The van der Waals surface area contributed by atoms with Crippen molar-refractivity contribution in [3.05, 3.63) is 29.3 Å². The molecule has 1 saturated heterocycles. The quantitative estimate of drug-likeness (QED) is 0.768. The van der Waals surface area contributed by atoms with Gasteiger partial charge in [-0.15, -0.1) is 0 Å². The molecule has 2 aliphatic heterocycles. The van der Waals surface area contributed by atoms with E-state index in [1.165, 1.54) is 4.90 Å². The first-order chi connectivity index (χ1) is 11.5. The van der Waals surface area contributed by atoms with Gasteiger partial charge in [-0.05, 0) is 36.1 Å². The van der Waals surface area contributed by atoms with Gasteiger partial charge in [0.15, 0.2) is 6.10 Å². The van der Waals surface area contributed by atoms with Gasteiger partial charge in [0.05, 0.1) is 6.54 Å². The predicted octanol–water partition coefficient (Wildman–Crippen LogP) is -0.583. The molecular formula is C16H19N3O5. The van der Waals surface area contributed by atoms with E-state index in [2.05, 4.69) is 0 Å². The van der Waals surface area contributed by atoms with Gasteiger partial charge in [0, 0.05) is 18.8 Å². The van der Waals surface area contributed by atoms with Gasteiger partial charge in [0.1, 0.15) is 6.61 Å². The van der Waals surface area contributed by atoms with Crippen LogP contribution in [0.2, 0.25) is 0 Å². The first kappa shape index (κ1) is 16.3. The Bertz CT molecular complexity index is 690. The van der Waals surface area contributed by atoms with E-state index in [-0.39, 0.29) is 12.5 Å². The van der Waals surface area contributed by atoms with Gasteiger partial charge in [-0.1, -0.05) is 6.07 Å². The second-order valence-electron chi connectivity index (χ2n) is 5.88. The summed E-state index contributed by atoms with van der Waals surface area (Å²) in [5.74, 6) is -0.950. The van der Waals surface area contributed by atoms with Crippen LogP contribution in [0, 0.1) is 0 Å². The molecule has 3 rings (SSSR count). The van der Waals surface area contributed by atoms with Crippen LogP contribution in [-0.4, -0.2) is 60.3 Å². The number of aliphatic hydroxyl groups excluding tert-OH is 1. The zero-order chi connectivity index (χ0) is 17.3. The van der Waals surface area contributed by atoms with Crippen molar-refractivity contribution in [3.8, 4) is 0 Å². The number of hydrogen-bond donors (Lipinski definition) is 2. The van der Waals surface area contributed by atoms with Crippen LogP contribution in [0.15, 0.2) is 18.2 Å². The number of rotatable bonds is 3. The van der Waals surface area contributed by atoms with E-state index in [0.29, 0.717) is 31.6 Å². The second-order valence-corrected chi connectivity index (χ2v) is 5.88. The molecule has 0 spiro atoms. The highest BCUT2D eigenvalue weighted by molar-refractivity contribution is 5.95. The Morgan fingerprint density at radius 3 is 2.58 bits per heavy atom. The van der Waals surface area contributed by atoms with E-state index in [1.54, 1.807) is 11.0 Å². The van der Waals surface area contributed by atoms with Gasteiger partial charge >= 0.3 is 6.09 Å². The van der Waals surface area contributed by atoms with Crippen LogP contribution < -0.4 is 10.6 Å². The van der Waals surface area contributed by atoms with Crippen molar-refractivity contribution in [2.45, 2.75) is 18.9 Å². The summed E-state index contributed by atoms with van der Waals surface area (Å²) in [5, 5.41) is 9.00. The fourth-order valence-electron chi connectivity index (χ4n) is 3.05. The van der Waals surface area contributed by atoms with Crippen molar-refractivity contribution >= 4 is 23.6 Å². The smallest absolute Gasteiger partial charge is 0.415 e. The lowest BCUT2D eigenvalue weighted by Gasteiger charge is -2.18. The van der Waals surface area contributed by atoms with Gasteiger partial charge in [0.25, 0.3) is 5.91 Å². The summed E-state index contributed by atoms with van der Waals surface area (Å²) in [6.45, 7) is 0.684. The van der Waals surface area contributed by atoms with Gasteiger partial charge in [-0.2, -0.15) is 0 Å². The van der Waals surface area contributed by atoms with Crippen LogP contribution in [-0.2, 0) is 27.2 Å². The molecular weight excluding hydrogens is 314 g/mol. The van der Waals surface area contributed by atoms with E-state index in [0.717, 1.165) is 11.1 Å². The molecule has 1 aromatic carbocycles. The van der Waals surface area contributed by atoms with Crippen molar-refractivity contribution in [1.82, 2.24) is 4.90 Å². The normalized spacial score (nSPS) is 20.4. The minimum atomic E-state index is -0.936. The summed E-state index contributed by atoms with van der Waals surface area (Å²) in [5.41, 5.74) is 7.97. The zero-order valence-electron chi connectivity index (χ0n) is 13.1. The lowest BCUT2D eigenvalue weighted by atomic mass is 10.0. The highest BCUT2D eigenvalue weighted by Crippen LogP contribution is 2.26. The standard InChI is InChI=1S/C16H19N3O5/c17-15(22)13-8-19(16(23)24-13)12-2-1-10-3-5-18(14(21)9-20)6-4-11(10)7-12/h1-2,7,13,20H,3-6,8-9H2,(H2,17,22)/t13-/m1/s1. The molecule has 0 unspecified atom stereocenters. The number of benzene rings is 1. The molecule has 3 N–H and O–H groups in total. The van der Waals surface area contributed by atoms with Gasteiger partial charge in [-0.25, -0.2) is 4.79 Å². The van der Waals surface area contributed by atoms with Crippen LogP contribution in [0.5, 0.6) is 0 Å². The molecule has 8 heteroatoms. The van der Waals surface area contributed by atoms with Crippen molar-refractivity contribution in [2.75, 3.05) is 31.1 Å². The molecule has 0 saturated carbocycles.